The molecule has 3 atom stereocenters. The number of amides is 1. The van der Waals surface area contributed by atoms with Crippen molar-refractivity contribution in [2.45, 2.75) is 57.4 Å². The minimum atomic E-state index is -0.774. The van der Waals surface area contributed by atoms with Gasteiger partial charge in [-0.1, -0.05) is 6.42 Å². The predicted octanol–water partition coefficient (Wildman–Crippen LogP) is 1.61. The quantitative estimate of drug-likeness (QED) is 0.802. The molecule has 1 amide bonds. The first kappa shape index (κ1) is 15.3. The highest BCUT2D eigenvalue weighted by atomic mass is 16.4. The molecule has 5 heteroatoms. The van der Waals surface area contributed by atoms with Crippen LogP contribution >= 0.6 is 0 Å². The molecular weight excluding hydrogens is 256 g/mol. The monoisotopic (exact) mass is 282 g/mol. The third-order valence-corrected chi connectivity index (χ3v) is 4.88. The van der Waals surface area contributed by atoms with E-state index >= 15 is 0 Å². The average Bonchev–Trinajstić information content (AvgIpc) is 2.93. The molecule has 1 saturated carbocycles. The summed E-state index contributed by atoms with van der Waals surface area (Å²) in [4.78, 5) is 25.5. The average molecular weight is 282 g/mol. The normalized spacial score (nSPS) is 30.4. The summed E-state index contributed by atoms with van der Waals surface area (Å²) < 4.78 is 0. The zero-order valence-corrected chi connectivity index (χ0v) is 12.1. The first-order chi connectivity index (χ1) is 9.63. The van der Waals surface area contributed by atoms with Crippen molar-refractivity contribution in [3.63, 3.8) is 0 Å². The second-order valence-corrected chi connectivity index (χ2v) is 6.15. The van der Waals surface area contributed by atoms with Crippen molar-refractivity contribution in [2.75, 3.05) is 13.1 Å². The van der Waals surface area contributed by atoms with Crippen molar-refractivity contribution in [3.8, 4) is 0 Å². The van der Waals surface area contributed by atoms with E-state index in [-0.39, 0.29) is 24.3 Å². The standard InChI is InChI=1S/C15H26N2O3/c16-10-11-4-3-6-13(11)15(20)17-9-2-1-5-12(17)7-8-14(18)19/h11-13H,1-10,16H2,(H,18,19). The number of hydrogen-bond donors (Lipinski definition) is 2. The van der Waals surface area contributed by atoms with Crippen molar-refractivity contribution in [3.05, 3.63) is 0 Å². The van der Waals surface area contributed by atoms with Gasteiger partial charge in [-0.15, -0.1) is 0 Å². The molecule has 0 aromatic rings. The van der Waals surface area contributed by atoms with Crippen LogP contribution in [0.25, 0.3) is 0 Å². The summed E-state index contributed by atoms with van der Waals surface area (Å²) in [5, 5.41) is 8.84. The topological polar surface area (TPSA) is 83.6 Å². The predicted molar refractivity (Wildman–Crippen MR) is 76.1 cm³/mol. The molecular formula is C15H26N2O3. The fourth-order valence-electron chi connectivity index (χ4n) is 3.74. The molecule has 2 rings (SSSR count). The molecule has 0 aromatic carbocycles. The Morgan fingerprint density at radius 3 is 2.65 bits per heavy atom. The Labute approximate surface area is 120 Å². The highest BCUT2D eigenvalue weighted by Gasteiger charge is 2.37. The Morgan fingerprint density at radius 2 is 1.95 bits per heavy atom. The fourth-order valence-corrected chi connectivity index (χ4v) is 3.74. The lowest BCUT2D eigenvalue weighted by Crippen LogP contribution is -2.47. The summed E-state index contributed by atoms with van der Waals surface area (Å²) in [5.74, 6) is -0.147. The molecule has 2 fully saturated rings. The molecule has 1 aliphatic carbocycles. The van der Waals surface area contributed by atoms with Crippen molar-refractivity contribution in [1.82, 2.24) is 4.90 Å². The summed E-state index contributed by atoms with van der Waals surface area (Å²) in [6.45, 7) is 1.38. The first-order valence-electron chi connectivity index (χ1n) is 7.85. The molecule has 2 aliphatic rings. The van der Waals surface area contributed by atoms with Crippen LogP contribution in [0.3, 0.4) is 0 Å². The van der Waals surface area contributed by atoms with Crippen LogP contribution in [-0.4, -0.2) is 41.0 Å². The molecule has 0 aromatic heterocycles. The van der Waals surface area contributed by atoms with Gasteiger partial charge in [0.25, 0.3) is 0 Å². The summed E-state index contributed by atoms with van der Waals surface area (Å²) in [7, 11) is 0. The van der Waals surface area contributed by atoms with Crippen molar-refractivity contribution in [2.24, 2.45) is 17.6 Å². The largest absolute Gasteiger partial charge is 0.481 e. The Bertz CT molecular complexity index is 359. The number of aliphatic carboxylic acids is 1. The fraction of sp³-hybridized carbons (Fsp3) is 0.867. The molecule has 5 nitrogen and oxygen atoms in total. The summed E-state index contributed by atoms with van der Waals surface area (Å²) in [6.07, 6.45) is 6.91. The second kappa shape index (κ2) is 7.07. The minimum Gasteiger partial charge on any atom is -0.481 e. The van der Waals surface area contributed by atoms with Crippen molar-refractivity contribution < 1.29 is 14.7 Å². The van der Waals surface area contributed by atoms with Gasteiger partial charge in [-0.05, 0) is 51.0 Å². The lowest BCUT2D eigenvalue weighted by atomic mass is 9.91. The number of carboxylic acid groups (broad SMARTS) is 1. The van der Waals surface area contributed by atoms with E-state index < -0.39 is 5.97 Å². The Hall–Kier alpha value is -1.10. The van der Waals surface area contributed by atoms with Crippen LogP contribution in [0, 0.1) is 11.8 Å². The maximum Gasteiger partial charge on any atom is 0.303 e. The van der Waals surface area contributed by atoms with Gasteiger partial charge in [-0.3, -0.25) is 9.59 Å². The van der Waals surface area contributed by atoms with Gasteiger partial charge in [0.15, 0.2) is 0 Å². The minimum absolute atomic E-state index is 0.0745. The van der Waals surface area contributed by atoms with Crippen molar-refractivity contribution >= 4 is 11.9 Å². The number of carbonyl (C=O) groups is 2. The van der Waals surface area contributed by atoms with E-state index in [1.807, 2.05) is 4.90 Å². The maximum atomic E-state index is 12.7. The molecule has 0 spiro atoms. The van der Waals surface area contributed by atoms with Crippen LogP contribution in [0.2, 0.25) is 0 Å². The van der Waals surface area contributed by atoms with Crippen LogP contribution < -0.4 is 5.73 Å². The van der Waals surface area contributed by atoms with Crippen LogP contribution in [0.4, 0.5) is 0 Å². The zero-order chi connectivity index (χ0) is 14.5. The molecule has 3 unspecified atom stereocenters. The number of piperidine rings is 1. The van der Waals surface area contributed by atoms with Gasteiger partial charge < -0.3 is 15.7 Å². The summed E-state index contributed by atoms with van der Waals surface area (Å²) in [6, 6.07) is 0.117. The zero-order valence-electron chi connectivity index (χ0n) is 12.1. The van der Waals surface area contributed by atoms with E-state index in [1.54, 1.807) is 0 Å². The van der Waals surface area contributed by atoms with Crippen LogP contribution in [0.15, 0.2) is 0 Å². The molecule has 3 N–H and O–H groups in total. The van der Waals surface area contributed by atoms with E-state index in [0.717, 1.165) is 45.1 Å². The van der Waals surface area contributed by atoms with E-state index in [1.165, 1.54) is 0 Å². The number of carboxylic acids is 1. The number of nitrogens with zero attached hydrogens (tertiary/aromatic N) is 1. The number of hydrogen-bond acceptors (Lipinski definition) is 3. The highest BCUT2D eigenvalue weighted by Crippen LogP contribution is 2.34. The summed E-state index contributed by atoms with van der Waals surface area (Å²) >= 11 is 0. The molecule has 114 valence electrons. The highest BCUT2D eigenvalue weighted by molar-refractivity contribution is 5.80. The van der Waals surface area contributed by atoms with E-state index in [2.05, 4.69) is 0 Å². The lowest BCUT2D eigenvalue weighted by Gasteiger charge is -2.38. The van der Waals surface area contributed by atoms with E-state index in [0.29, 0.717) is 18.9 Å². The maximum absolute atomic E-state index is 12.7. The Balaban J connectivity index is 1.99. The number of carbonyl (C=O) groups excluding carboxylic acids is 1. The van der Waals surface area contributed by atoms with Gasteiger partial charge >= 0.3 is 5.97 Å². The smallest absolute Gasteiger partial charge is 0.303 e. The SMILES string of the molecule is NCC1CCCC1C(=O)N1CCCCC1CCC(=O)O. The number of likely N-dealkylation sites (tertiary alicyclic amines) is 1. The third-order valence-electron chi connectivity index (χ3n) is 4.88. The van der Waals surface area contributed by atoms with Crippen LogP contribution in [0.1, 0.15) is 51.4 Å². The Kier molecular flexibility index (Phi) is 5.40. The molecule has 0 bridgehead atoms. The van der Waals surface area contributed by atoms with Crippen LogP contribution in [0.5, 0.6) is 0 Å². The number of nitrogens with two attached hydrogens (primary N) is 1. The molecule has 20 heavy (non-hydrogen) atoms. The van der Waals surface area contributed by atoms with Gasteiger partial charge in [0, 0.05) is 24.9 Å². The van der Waals surface area contributed by atoms with Gasteiger partial charge in [-0.25, -0.2) is 0 Å². The first-order valence-corrected chi connectivity index (χ1v) is 7.85. The number of rotatable bonds is 5. The van der Waals surface area contributed by atoms with Gasteiger partial charge in [0.1, 0.15) is 0 Å². The molecule has 1 heterocycles. The van der Waals surface area contributed by atoms with Crippen LogP contribution in [-0.2, 0) is 9.59 Å². The van der Waals surface area contributed by atoms with Gasteiger partial charge in [-0.2, -0.15) is 0 Å². The van der Waals surface area contributed by atoms with E-state index in [4.69, 9.17) is 10.8 Å². The second-order valence-electron chi connectivity index (χ2n) is 6.15. The third kappa shape index (κ3) is 3.51. The van der Waals surface area contributed by atoms with E-state index in [9.17, 15) is 9.59 Å². The lowest BCUT2D eigenvalue weighted by molar-refractivity contribution is -0.143. The molecule has 1 saturated heterocycles. The Morgan fingerprint density at radius 1 is 1.15 bits per heavy atom. The summed E-state index contributed by atoms with van der Waals surface area (Å²) in [5.41, 5.74) is 5.78. The van der Waals surface area contributed by atoms with Gasteiger partial charge in [0.05, 0.1) is 0 Å². The molecule has 0 radical (unpaired) electrons. The van der Waals surface area contributed by atoms with Crippen molar-refractivity contribution in [1.29, 1.82) is 0 Å². The van der Waals surface area contributed by atoms with Gasteiger partial charge in [0.2, 0.25) is 5.91 Å². The molecule has 1 aliphatic heterocycles.